The summed E-state index contributed by atoms with van der Waals surface area (Å²) in [4.78, 5) is 27.6. The van der Waals surface area contributed by atoms with Crippen LogP contribution in [0.4, 0.5) is 0 Å². The van der Waals surface area contributed by atoms with Crippen LogP contribution in [-0.4, -0.2) is 23.3 Å². The van der Waals surface area contributed by atoms with Crippen molar-refractivity contribution >= 4 is 22.9 Å². The van der Waals surface area contributed by atoms with Gasteiger partial charge < -0.3 is 10.2 Å². The number of piperidine rings is 1. The Morgan fingerprint density at radius 3 is 3.05 bits per heavy atom. The SMILES string of the molecule is NCC#Cc1ccc2occ(C3CCC(=O)NC3=O)c2n1. The Morgan fingerprint density at radius 2 is 2.29 bits per heavy atom. The van der Waals surface area contributed by atoms with Crippen LogP contribution in [0.15, 0.2) is 22.8 Å². The second-order valence-electron chi connectivity index (χ2n) is 4.74. The second-order valence-corrected chi connectivity index (χ2v) is 4.74. The molecule has 106 valence electrons. The lowest BCUT2D eigenvalue weighted by Crippen LogP contribution is -2.39. The first-order chi connectivity index (χ1) is 10.2. The summed E-state index contributed by atoms with van der Waals surface area (Å²) in [6, 6.07) is 3.50. The molecule has 2 amide bonds. The van der Waals surface area contributed by atoms with Gasteiger partial charge in [-0.3, -0.25) is 14.9 Å². The van der Waals surface area contributed by atoms with Crippen molar-refractivity contribution in [3.05, 3.63) is 29.7 Å². The molecule has 1 unspecified atom stereocenters. The van der Waals surface area contributed by atoms with Crippen molar-refractivity contribution in [2.75, 3.05) is 6.54 Å². The Labute approximate surface area is 120 Å². The van der Waals surface area contributed by atoms with Gasteiger partial charge in [-0.05, 0) is 24.5 Å². The van der Waals surface area contributed by atoms with Crippen molar-refractivity contribution in [3.8, 4) is 11.8 Å². The molecular weight excluding hydrogens is 270 g/mol. The molecule has 0 radical (unpaired) electrons. The molecule has 0 bridgehead atoms. The number of rotatable bonds is 1. The average molecular weight is 283 g/mol. The van der Waals surface area contributed by atoms with Gasteiger partial charge in [-0.25, -0.2) is 4.98 Å². The molecule has 0 aliphatic carbocycles. The number of carbonyl (C=O) groups excluding carboxylic acids is 2. The number of aromatic nitrogens is 1. The van der Waals surface area contributed by atoms with Gasteiger partial charge in [0.25, 0.3) is 0 Å². The van der Waals surface area contributed by atoms with E-state index < -0.39 is 5.92 Å². The standard InChI is InChI=1S/C15H13N3O3/c16-7-1-2-9-3-5-12-14(17-9)11(8-21-12)10-4-6-13(19)18-15(10)20/h3,5,8,10H,4,6-7,16H2,(H,18,19,20). The smallest absolute Gasteiger partial charge is 0.234 e. The van der Waals surface area contributed by atoms with Gasteiger partial charge in [0.1, 0.15) is 11.2 Å². The van der Waals surface area contributed by atoms with Crippen LogP contribution in [0.5, 0.6) is 0 Å². The minimum absolute atomic E-state index is 0.244. The minimum atomic E-state index is -0.422. The highest BCUT2D eigenvalue weighted by molar-refractivity contribution is 6.02. The lowest BCUT2D eigenvalue weighted by molar-refractivity contribution is -0.134. The van der Waals surface area contributed by atoms with Gasteiger partial charge in [-0.1, -0.05) is 5.92 Å². The molecule has 3 rings (SSSR count). The van der Waals surface area contributed by atoms with E-state index in [1.807, 2.05) is 0 Å². The Morgan fingerprint density at radius 1 is 1.43 bits per heavy atom. The maximum atomic E-state index is 12.0. The summed E-state index contributed by atoms with van der Waals surface area (Å²) < 4.78 is 5.44. The summed E-state index contributed by atoms with van der Waals surface area (Å²) in [6.07, 6.45) is 2.30. The van der Waals surface area contributed by atoms with Crippen LogP contribution in [0.1, 0.15) is 30.0 Å². The highest BCUT2D eigenvalue weighted by Gasteiger charge is 2.30. The number of amides is 2. The third kappa shape index (κ3) is 2.51. The zero-order valence-electron chi connectivity index (χ0n) is 11.2. The van der Waals surface area contributed by atoms with Crippen molar-refractivity contribution in [1.29, 1.82) is 0 Å². The molecule has 1 atom stereocenters. The third-order valence-corrected chi connectivity index (χ3v) is 3.38. The highest BCUT2D eigenvalue weighted by atomic mass is 16.3. The predicted octanol–water partition coefficient (Wildman–Crippen LogP) is 0.658. The van der Waals surface area contributed by atoms with E-state index in [0.717, 1.165) is 0 Å². The molecule has 1 aliphatic rings. The van der Waals surface area contributed by atoms with E-state index in [0.29, 0.717) is 35.2 Å². The molecule has 6 heteroatoms. The molecule has 0 saturated carbocycles. The molecule has 0 aromatic carbocycles. The van der Waals surface area contributed by atoms with Crippen molar-refractivity contribution in [1.82, 2.24) is 10.3 Å². The van der Waals surface area contributed by atoms with Gasteiger partial charge in [0.2, 0.25) is 11.8 Å². The number of nitrogens with one attached hydrogen (secondary N) is 1. The molecule has 2 aromatic rings. The topological polar surface area (TPSA) is 98.2 Å². The fourth-order valence-electron chi connectivity index (χ4n) is 2.38. The van der Waals surface area contributed by atoms with E-state index in [-0.39, 0.29) is 18.4 Å². The van der Waals surface area contributed by atoms with E-state index in [2.05, 4.69) is 22.1 Å². The Hall–Kier alpha value is -2.65. The number of hydrogen-bond acceptors (Lipinski definition) is 5. The molecule has 2 aromatic heterocycles. The van der Waals surface area contributed by atoms with Crippen molar-refractivity contribution < 1.29 is 14.0 Å². The number of fused-ring (bicyclic) bond motifs is 1. The lowest BCUT2D eigenvalue weighted by atomic mass is 9.91. The number of nitrogens with zero attached hydrogens (tertiary/aromatic N) is 1. The maximum Gasteiger partial charge on any atom is 0.234 e. The predicted molar refractivity (Wildman–Crippen MR) is 75.1 cm³/mol. The molecular formula is C15H13N3O3. The van der Waals surface area contributed by atoms with E-state index in [4.69, 9.17) is 10.2 Å². The van der Waals surface area contributed by atoms with Crippen LogP contribution in [0, 0.1) is 11.8 Å². The quantitative estimate of drug-likeness (QED) is 0.591. The number of pyridine rings is 1. The molecule has 21 heavy (non-hydrogen) atoms. The Kier molecular flexibility index (Phi) is 3.42. The second kappa shape index (κ2) is 5.38. The fourth-order valence-corrected chi connectivity index (χ4v) is 2.38. The normalized spacial score (nSPS) is 18.2. The average Bonchev–Trinajstić information content (AvgIpc) is 2.88. The largest absolute Gasteiger partial charge is 0.462 e. The van der Waals surface area contributed by atoms with E-state index >= 15 is 0 Å². The first-order valence-corrected chi connectivity index (χ1v) is 6.60. The number of imide groups is 1. The summed E-state index contributed by atoms with van der Waals surface area (Å²) in [5.74, 6) is 4.61. The molecule has 1 aliphatic heterocycles. The Balaban J connectivity index is 2.02. The van der Waals surface area contributed by atoms with Gasteiger partial charge in [-0.15, -0.1) is 0 Å². The summed E-state index contributed by atoms with van der Waals surface area (Å²) in [5.41, 5.74) is 7.80. The van der Waals surface area contributed by atoms with Gasteiger partial charge >= 0.3 is 0 Å². The molecule has 1 fully saturated rings. The first-order valence-electron chi connectivity index (χ1n) is 6.60. The number of furan rings is 1. The van der Waals surface area contributed by atoms with Crippen LogP contribution in [0.25, 0.3) is 11.1 Å². The number of carbonyl (C=O) groups is 2. The van der Waals surface area contributed by atoms with Crippen LogP contribution >= 0.6 is 0 Å². The van der Waals surface area contributed by atoms with Crippen molar-refractivity contribution in [2.45, 2.75) is 18.8 Å². The summed E-state index contributed by atoms with van der Waals surface area (Å²) in [7, 11) is 0. The van der Waals surface area contributed by atoms with Crippen molar-refractivity contribution in [2.24, 2.45) is 5.73 Å². The zero-order chi connectivity index (χ0) is 14.8. The molecule has 1 saturated heterocycles. The molecule has 3 N–H and O–H groups in total. The van der Waals surface area contributed by atoms with Crippen LogP contribution in [0.2, 0.25) is 0 Å². The van der Waals surface area contributed by atoms with E-state index in [9.17, 15) is 9.59 Å². The number of nitrogens with two attached hydrogens (primary N) is 1. The van der Waals surface area contributed by atoms with Gasteiger partial charge in [0.15, 0.2) is 5.58 Å². The minimum Gasteiger partial charge on any atom is -0.462 e. The van der Waals surface area contributed by atoms with Crippen LogP contribution in [-0.2, 0) is 9.59 Å². The fraction of sp³-hybridized carbons (Fsp3) is 0.267. The summed E-state index contributed by atoms with van der Waals surface area (Å²) in [6.45, 7) is 0.255. The van der Waals surface area contributed by atoms with Crippen LogP contribution in [0.3, 0.4) is 0 Å². The van der Waals surface area contributed by atoms with Crippen molar-refractivity contribution in [3.63, 3.8) is 0 Å². The molecule has 0 spiro atoms. The monoisotopic (exact) mass is 283 g/mol. The lowest BCUT2D eigenvalue weighted by Gasteiger charge is -2.19. The van der Waals surface area contributed by atoms with Gasteiger partial charge in [0.05, 0.1) is 18.7 Å². The highest BCUT2D eigenvalue weighted by Crippen LogP contribution is 2.31. The summed E-state index contributed by atoms with van der Waals surface area (Å²) in [5, 5.41) is 2.34. The molecule has 6 nitrogen and oxygen atoms in total. The third-order valence-electron chi connectivity index (χ3n) is 3.38. The Bertz CT molecular complexity index is 782. The first kappa shape index (κ1) is 13.3. The van der Waals surface area contributed by atoms with Gasteiger partial charge in [-0.2, -0.15) is 0 Å². The van der Waals surface area contributed by atoms with Crippen LogP contribution < -0.4 is 11.1 Å². The summed E-state index contributed by atoms with van der Waals surface area (Å²) >= 11 is 0. The van der Waals surface area contributed by atoms with Gasteiger partial charge in [0, 0.05) is 12.0 Å². The zero-order valence-corrected chi connectivity index (χ0v) is 11.2. The number of hydrogen-bond donors (Lipinski definition) is 2. The van der Waals surface area contributed by atoms with E-state index in [1.54, 1.807) is 12.1 Å². The molecule has 3 heterocycles. The van der Waals surface area contributed by atoms with E-state index in [1.165, 1.54) is 6.26 Å². The maximum absolute atomic E-state index is 12.0.